The molecule has 12 atom stereocenters. The third-order valence-corrected chi connectivity index (χ3v) is 10.9. The predicted octanol–water partition coefficient (Wildman–Crippen LogP) is 2.67. The summed E-state index contributed by atoms with van der Waals surface area (Å²) >= 11 is 0. The predicted molar refractivity (Wildman–Crippen MR) is 106 cm³/mol. The molecule has 4 unspecified atom stereocenters. The van der Waals surface area contributed by atoms with Gasteiger partial charge < -0.3 is 23.7 Å². The minimum absolute atomic E-state index is 0.00899. The zero-order chi connectivity index (χ0) is 21.4. The Morgan fingerprint density at radius 1 is 1.00 bits per heavy atom. The van der Waals surface area contributed by atoms with Crippen LogP contribution in [0.1, 0.15) is 46.5 Å². The van der Waals surface area contributed by atoms with E-state index in [1.165, 1.54) is 0 Å². The number of epoxide rings is 1. The van der Waals surface area contributed by atoms with E-state index in [0.29, 0.717) is 19.8 Å². The molecule has 172 valence electrons. The Kier molecular flexibility index (Phi) is 3.77. The highest BCUT2D eigenvalue weighted by atomic mass is 19.2. The Hall–Kier alpha value is -0.600. The molecule has 0 aromatic heterocycles. The molecular formula is C24H33FO6. The molecule has 7 heteroatoms. The summed E-state index contributed by atoms with van der Waals surface area (Å²) in [5, 5.41) is 0. The van der Waals surface area contributed by atoms with Gasteiger partial charge in [0, 0.05) is 29.6 Å². The quantitative estimate of drug-likeness (QED) is 0.544. The molecule has 3 saturated heterocycles. The van der Waals surface area contributed by atoms with Gasteiger partial charge in [0.1, 0.15) is 17.8 Å². The van der Waals surface area contributed by atoms with Crippen molar-refractivity contribution in [3.63, 3.8) is 0 Å². The highest BCUT2D eigenvalue weighted by molar-refractivity contribution is 5.92. The largest absolute Gasteiger partial charge is 0.373 e. The van der Waals surface area contributed by atoms with Gasteiger partial charge >= 0.3 is 0 Å². The van der Waals surface area contributed by atoms with Crippen LogP contribution in [-0.4, -0.2) is 68.1 Å². The molecule has 0 amide bonds. The van der Waals surface area contributed by atoms with Gasteiger partial charge in [0.25, 0.3) is 0 Å². The number of halogens is 1. The lowest BCUT2D eigenvalue weighted by Gasteiger charge is -2.62. The van der Waals surface area contributed by atoms with Gasteiger partial charge in [-0.2, -0.15) is 0 Å². The fraction of sp³-hybridized carbons (Fsp3) is 0.958. The summed E-state index contributed by atoms with van der Waals surface area (Å²) in [5.74, 6) is -1.53. The van der Waals surface area contributed by atoms with Crippen molar-refractivity contribution in [2.24, 2.45) is 34.5 Å². The SMILES string of the molecule is C[C@@H]1C2OCCOC2CC23O[C@H]2C(=O)[C@@H]2[C@H](CC[C@]4(C)C5OCCO[C@@]5(F)C[C@@H]24)[C@@]13C. The van der Waals surface area contributed by atoms with Crippen LogP contribution in [0.2, 0.25) is 0 Å². The van der Waals surface area contributed by atoms with Gasteiger partial charge in [0.05, 0.1) is 38.6 Å². The van der Waals surface area contributed by atoms with E-state index < -0.39 is 23.7 Å². The van der Waals surface area contributed by atoms with Crippen molar-refractivity contribution < 1.29 is 32.9 Å². The molecular weight excluding hydrogens is 403 g/mol. The maximum absolute atomic E-state index is 15.9. The lowest BCUT2D eigenvalue weighted by molar-refractivity contribution is -0.271. The van der Waals surface area contributed by atoms with Crippen LogP contribution in [0.3, 0.4) is 0 Å². The molecule has 3 aliphatic heterocycles. The zero-order valence-corrected chi connectivity index (χ0v) is 18.6. The van der Waals surface area contributed by atoms with Gasteiger partial charge in [-0.25, -0.2) is 4.39 Å². The van der Waals surface area contributed by atoms with Crippen LogP contribution in [-0.2, 0) is 28.5 Å². The van der Waals surface area contributed by atoms with Crippen molar-refractivity contribution in [1.29, 1.82) is 0 Å². The van der Waals surface area contributed by atoms with Crippen molar-refractivity contribution in [1.82, 2.24) is 0 Å². The van der Waals surface area contributed by atoms with Crippen LogP contribution in [0.25, 0.3) is 0 Å². The van der Waals surface area contributed by atoms with Crippen molar-refractivity contribution in [3.05, 3.63) is 0 Å². The van der Waals surface area contributed by atoms with E-state index in [2.05, 4.69) is 20.8 Å². The average Bonchev–Trinajstić information content (AvgIpc) is 3.43. The van der Waals surface area contributed by atoms with E-state index in [1.807, 2.05) is 0 Å². The number of Topliss-reactive ketones (excluding diaryl/α,β-unsaturated/α-hetero) is 1. The number of carbonyl (C=O) groups is 1. The molecule has 1 spiro atoms. The molecule has 7 rings (SSSR count). The van der Waals surface area contributed by atoms with Gasteiger partial charge in [-0.3, -0.25) is 4.79 Å². The first kappa shape index (κ1) is 19.8. The number of ketones is 1. The summed E-state index contributed by atoms with van der Waals surface area (Å²) in [4.78, 5) is 13.9. The molecule has 4 aliphatic carbocycles. The van der Waals surface area contributed by atoms with Crippen molar-refractivity contribution in [2.75, 3.05) is 26.4 Å². The first-order chi connectivity index (χ1) is 14.8. The number of rotatable bonds is 0. The smallest absolute Gasteiger partial charge is 0.236 e. The van der Waals surface area contributed by atoms with Gasteiger partial charge in [-0.1, -0.05) is 20.8 Å². The Morgan fingerprint density at radius 2 is 1.77 bits per heavy atom. The lowest BCUT2D eigenvalue weighted by atomic mass is 9.42. The maximum atomic E-state index is 15.9. The van der Waals surface area contributed by atoms with Gasteiger partial charge in [-0.05, 0) is 30.6 Å². The first-order valence-electron chi connectivity index (χ1n) is 12.2. The third kappa shape index (κ3) is 2.10. The molecule has 0 bridgehead atoms. The van der Waals surface area contributed by atoms with Crippen molar-refractivity contribution >= 4 is 5.78 Å². The standard InChI is InChI=1S/C24H33FO6/c1-12-18-15(27-6-7-28-18)11-23-19(31-23)17(26)16-13(22(12,23)3)4-5-21(2)14(16)10-24(25)20(21)29-8-9-30-24/h12-16,18-20H,4-11H2,1-3H3/t12-,13+,14+,15?,16-,18?,19+,20?,21+,22-,23?,24+/m1/s1. The highest BCUT2D eigenvalue weighted by Gasteiger charge is 2.83. The third-order valence-electron chi connectivity index (χ3n) is 10.9. The van der Waals surface area contributed by atoms with E-state index in [9.17, 15) is 4.79 Å². The summed E-state index contributed by atoms with van der Waals surface area (Å²) in [6.07, 6.45) is 1.74. The number of alkyl halides is 1. The van der Waals surface area contributed by atoms with E-state index in [0.717, 1.165) is 19.3 Å². The minimum Gasteiger partial charge on any atom is -0.373 e. The second-order valence-electron chi connectivity index (χ2n) is 11.7. The Bertz CT molecular complexity index is 837. The molecule has 0 aromatic rings. The Balaban J connectivity index is 1.31. The number of carbonyl (C=O) groups excluding carboxylic acids is 1. The molecule has 3 heterocycles. The normalized spacial score (nSPS) is 64.3. The van der Waals surface area contributed by atoms with Crippen LogP contribution >= 0.6 is 0 Å². The van der Waals surface area contributed by atoms with E-state index in [1.54, 1.807) is 0 Å². The number of fused-ring (bicyclic) bond motifs is 7. The monoisotopic (exact) mass is 436 g/mol. The number of ether oxygens (including phenoxy) is 5. The van der Waals surface area contributed by atoms with Crippen molar-refractivity contribution in [3.8, 4) is 0 Å². The summed E-state index contributed by atoms with van der Waals surface area (Å²) < 4.78 is 46.2. The van der Waals surface area contributed by atoms with E-state index in [4.69, 9.17) is 23.7 Å². The molecule has 6 nitrogen and oxygen atoms in total. The zero-order valence-electron chi connectivity index (χ0n) is 18.6. The topological polar surface area (TPSA) is 66.5 Å². The Morgan fingerprint density at radius 3 is 2.61 bits per heavy atom. The van der Waals surface area contributed by atoms with Crippen LogP contribution in [0.4, 0.5) is 4.39 Å². The van der Waals surface area contributed by atoms with Crippen LogP contribution in [0, 0.1) is 34.5 Å². The minimum atomic E-state index is -1.78. The van der Waals surface area contributed by atoms with Crippen molar-refractivity contribution in [2.45, 2.75) is 82.3 Å². The maximum Gasteiger partial charge on any atom is 0.236 e. The summed E-state index contributed by atoms with van der Waals surface area (Å²) in [6.45, 7) is 8.62. The van der Waals surface area contributed by atoms with E-state index in [-0.39, 0.29) is 65.5 Å². The molecule has 31 heavy (non-hydrogen) atoms. The average molecular weight is 437 g/mol. The van der Waals surface area contributed by atoms with E-state index >= 15 is 4.39 Å². The molecule has 7 aliphatic rings. The number of hydrogen-bond acceptors (Lipinski definition) is 6. The fourth-order valence-electron chi connectivity index (χ4n) is 9.33. The summed E-state index contributed by atoms with van der Waals surface area (Å²) in [6, 6.07) is 0. The molecule has 0 N–H and O–H groups in total. The van der Waals surface area contributed by atoms with Gasteiger partial charge in [-0.15, -0.1) is 0 Å². The Labute approximate surface area is 182 Å². The lowest BCUT2D eigenvalue weighted by Crippen LogP contribution is -2.68. The second kappa shape index (κ2) is 5.90. The molecule has 4 saturated carbocycles. The van der Waals surface area contributed by atoms with Gasteiger partial charge in [0.2, 0.25) is 5.85 Å². The first-order valence-corrected chi connectivity index (χ1v) is 12.2. The van der Waals surface area contributed by atoms with Crippen LogP contribution in [0.5, 0.6) is 0 Å². The fourth-order valence-corrected chi connectivity index (χ4v) is 9.33. The molecule has 0 aromatic carbocycles. The summed E-state index contributed by atoms with van der Waals surface area (Å²) in [5.41, 5.74) is -1.04. The second-order valence-corrected chi connectivity index (χ2v) is 11.7. The van der Waals surface area contributed by atoms with Crippen LogP contribution < -0.4 is 0 Å². The highest BCUT2D eigenvalue weighted by Crippen LogP contribution is 2.75. The van der Waals surface area contributed by atoms with Crippen LogP contribution in [0.15, 0.2) is 0 Å². The molecule has 7 fully saturated rings. The number of hydrogen-bond donors (Lipinski definition) is 0. The van der Waals surface area contributed by atoms with Gasteiger partial charge in [0.15, 0.2) is 5.78 Å². The summed E-state index contributed by atoms with van der Waals surface area (Å²) in [7, 11) is 0. The molecule has 0 radical (unpaired) electrons.